The first-order valence-corrected chi connectivity index (χ1v) is 6.38. The molecule has 0 atom stereocenters. The van der Waals surface area contributed by atoms with Crippen LogP contribution in [-0.4, -0.2) is 10.1 Å². The summed E-state index contributed by atoms with van der Waals surface area (Å²) in [6.07, 6.45) is 0. The second-order valence-electron chi connectivity index (χ2n) is 3.59. The van der Waals surface area contributed by atoms with E-state index in [-0.39, 0.29) is 6.61 Å². The van der Waals surface area contributed by atoms with Crippen molar-refractivity contribution >= 4 is 22.9 Å². The summed E-state index contributed by atoms with van der Waals surface area (Å²) in [7, 11) is 0. The number of aromatic nitrogens is 1. The molecule has 1 N–H and O–H groups in total. The molecule has 1 heterocycles. The number of nitrogens with zero attached hydrogens (tertiary/aromatic N) is 1. The van der Waals surface area contributed by atoms with E-state index >= 15 is 0 Å². The van der Waals surface area contributed by atoms with Gasteiger partial charge < -0.3 is 9.84 Å². The number of aliphatic hydroxyl groups excluding tert-OH is 1. The first-order valence-electron chi connectivity index (χ1n) is 5.12. The molecule has 0 fully saturated rings. The summed E-state index contributed by atoms with van der Waals surface area (Å²) < 4.78 is 5.57. The number of hydrogen-bond acceptors (Lipinski definition) is 4. The molecular weight excluding hydrogens is 258 g/mol. The number of rotatable bonds is 4. The van der Waals surface area contributed by atoms with Gasteiger partial charge in [0.25, 0.3) is 0 Å². The molecule has 0 spiro atoms. The first-order chi connectivity index (χ1) is 8.19. The molecule has 0 radical (unpaired) electrons. The van der Waals surface area contributed by atoms with Crippen LogP contribution in [0.1, 0.15) is 16.3 Å². The predicted octanol–water partition coefficient (Wildman–Crippen LogP) is 3.18. The number of aryl methyl sites for hydroxylation is 1. The maximum Gasteiger partial charge on any atom is 0.140 e. The fourth-order valence-electron chi connectivity index (χ4n) is 1.37. The zero-order chi connectivity index (χ0) is 12.3. The van der Waals surface area contributed by atoms with Crippen LogP contribution in [0.15, 0.2) is 23.6 Å². The highest BCUT2D eigenvalue weighted by Gasteiger charge is 2.05. The standard InChI is InChI=1S/C12H12ClNO2S/c1-8-7-17-12(14-8)6-16-11-3-2-9(5-15)4-10(11)13/h2-4,7,15H,5-6H2,1H3. The van der Waals surface area contributed by atoms with Crippen LogP contribution in [-0.2, 0) is 13.2 Å². The Kier molecular flexibility index (Phi) is 3.99. The number of benzene rings is 1. The van der Waals surface area contributed by atoms with E-state index in [2.05, 4.69) is 4.98 Å². The van der Waals surface area contributed by atoms with Crippen LogP contribution in [0.3, 0.4) is 0 Å². The molecule has 1 aromatic heterocycles. The normalized spacial score (nSPS) is 10.5. The van der Waals surface area contributed by atoms with E-state index in [0.29, 0.717) is 17.4 Å². The van der Waals surface area contributed by atoms with Gasteiger partial charge >= 0.3 is 0 Å². The molecule has 2 aromatic rings. The third-order valence-corrected chi connectivity index (χ3v) is 3.43. The van der Waals surface area contributed by atoms with Gasteiger partial charge in [-0.05, 0) is 24.6 Å². The van der Waals surface area contributed by atoms with Crippen molar-refractivity contribution in [1.82, 2.24) is 4.98 Å². The molecule has 0 bridgehead atoms. The van der Waals surface area contributed by atoms with E-state index in [0.717, 1.165) is 16.3 Å². The van der Waals surface area contributed by atoms with E-state index < -0.39 is 0 Å². The fraction of sp³-hybridized carbons (Fsp3) is 0.250. The molecule has 1 aromatic carbocycles. The SMILES string of the molecule is Cc1csc(COc2ccc(CO)cc2Cl)n1. The number of aliphatic hydroxyl groups is 1. The Balaban J connectivity index is 2.04. The highest BCUT2D eigenvalue weighted by molar-refractivity contribution is 7.09. The number of ether oxygens (including phenoxy) is 1. The number of halogens is 1. The molecule has 0 saturated heterocycles. The summed E-state index contributed by atoms with van der Waals surface area (Å²) in [6, 6.07) is 5.24. The maximum absolute atomic E-state index is 8.96. The summed E-state index contributed by atoms with van der Waals surface area (Å²) in [5.74, 6) is 0.608. The van der Waals surface area contributed by atoms with Gasteiger partial charge in [0.05, 0.1) is 11.6 Å². The third kappa shape index (κ3) is 3.19. The van der Waals surface area contributed by atoms with Gasteiger partial charge in [-0.2, -0.15) is 0 Å². The number of thiazole rings is 1. The largest absolute Gasteiger partial charge is 0.485 e. The Morgan fingerprint density at radius 1 is 1.47 bits per heavy atom. The average molecular weight is 270 g/mol. The van der Waals surface area contributed by atoms with Crippen molar-refractivity contribution < 1.29 is 9.84 Å². The van der Waals surface area contributed by atoms with Crippen LogP contribution in [0, 0.1) is 6.92 Å². The highest BCUT2D eigenvalue weighted by atomic mass is 35.5. The molecule has 0 saturated carbocycles. The van der Waals surface area contributed by atoms with Gasteiger partial charge in [0.1, 0.15) is 17.4 Å². The minimum Gasteiger partial charge on any atom is -0.485 e. The highest BCUT2D eigenvalue weighted by Crippen LogP contribution is 2.26. The third-order valence-electron chi connectivity index (χ3n) is 2.20. The van der Waals surface area contributed by atoms with Crippen LogP contribution in [0.5, 0.6) is 5.75 Å². The second-order valence-corrected chi connectivity index (χ2v) is 4.94. The van der Waals surface area contributed by atoms with Gasteiger partial charge in [0.2, 0.25) is 0 Å². The minimum absolute atomic E-state index is 0.0221. The van der Waals surface area contributed by atoms with Crippen molar-refractivity contribution in [3.8, 4) is 5.75 Å². The van der Waals surface area contributed by atoms with Crippen LogP contribution >= 0.6 is 22.9 Å². The summed E-state index contributed by atoms with van der Waals surface area (Å²) in [5.41, 5.74) is 1.77. The Bertz CT molecular complexity index is 513. The molecule has 17 heavy (non-hydrogen) atoms. The summed E-state index contributed by atoms with van der Waals surface area (Å²) >= 11 is 7.59. The van der Waals surface area contributed by atoms with Crippen molar-refractivity contribution in [2.75, 3.05) is 0 Å². The smallest absolute Gasteiger partial charge is 0.140 e. The van der Waals surface area contributed by atoms with Crippen LogP contribution in [0.2, 0.25) is 5.02 Å². The van der Waals surface area contributed by atoms with Gasteiger partial charge in [-0.1, -0.05) is 17.7 Å². The summed E-state index contributed by atoms with van der Waals surface area (Å²) in [5, 5.41) is 12.4. The Morgan fingerprint density at radius 2 is 2.29 bits per heavy atom. The van der Waals surface area contributed by atoms with Gasteiger partial charge in [-0.3, -0.25) is 0 Å². The summed E-state index contributed by atoms with van der Waals surface area (Å²) in [6.45, 7) is 2.34. The summed E-state index contributed by atoms with van der Waals surface area (Å²) in [4.78, 5) is 4.30. The van der Waals surface area contributed by atoms with E-state index in [9.17, 15) is 0 Å². The van der Waals surface area contributed by atoms with E-state index in [1.807, 2.05) is 12.3 Å². The zero-order valence-electron chi connectivity index (χ0n) is 9.31. The van der Waals surface area contributed by atoms with Crippen molar-refractivity contribution in [3.63, 3.8) is 0 Å². The lowest BCUT2D eigenvalue weighted by Gasteiger charge is -2.07. The molecule has 0 aliphatic carbocycles. The fourth-order valence-corrected chi connectivity index (χ4v) is 2.31. The number of hydrogen-bond donors (Lipinski definition) is 1. The first kappa shape index (κ1) is 12.4. The van der Waals surface area contributed by atoms with Gasteiger partial charge in [0.15, 0.2) is 0 Å². The molecule has 2 rings (SSSR count). The van der Waals surface area contributed by atoms with Crippen LogP contribution in [0.25, 0.3) is 0 Å². The zero-order valence-corrected chi connectivity index (χ0v) is 10.9. The second kappa shape index (κ2) is 5.49. The Labute approximate surface area is 109 Å². The molecule has 90 valence electrons. The van der Waals surface area contributed by atoms with E-state index in [4.69, 9.17) is 21.4 Å². The topological polar surface area (TPSA) is 42.4 Å². The molecule has 0 amide bonds. The van der Waals surface area contributed by atoms with E-state index in [1.54, 1.807) is 29.5 Å². The molecule has 0 aliphatic rings. The lowest BCUT2D eigenvalue weighted by atomic mass is 10.2. The van der Waals surface area contributed by atoms with Crippen molar-refractivity contribution in [1.29, 1.82) is 0 Å². The Morgan fingerprint density at radius 3 is 2.88 bits per heavy atom. The van der Waals surface area contributed by atoms with Crippen LogP contribution in [0.4, 0.5) is 0 Å². The van der Waals surface area contributed by atoms with Crippen molar-refractivity contribution in [3.05, 3.63) is 44.9 Å². The minimum atomic E-state index is -0.0221. The van der Waals surface area contributed by atoms with E-state index in [1.165, 1.54) is 0 Å². The van der Waals surface area contributed by atoms with Crippen LogP contribution < -0.4 is 4.74 Å². The van der Waals surface area contributed by atoms with Crippen molar-refractivity contribution in [2.45, 2.75) is 20.1 Å². The predicted molar refractivity (Wildman–Crippen MR) is 68.6 cm³/mol. The average Bonchev–Trinajstić information content (AvgIpc) is 2.73. The molecule has 5 heteroatoms. The lowest BCUT2D eigenvalue weighted by Crippen LogP contribution is -1.96. The quantitative estimate of drug-likeness (QED) is 0.927. The molecular formula is C12H12ClNO2S. The Hall–Kier alpha value is -1.10. The van der Waals surface area contributed by atoms with Crippen molar-refractivity contribution in [2.24, 2.45) is 0 Å². The van der Waals surface area contributed by atoms with Gasteiger partial charge in [-0.15, -0.1) is 11.3 Å². The van der Waals surface area contributed by atoms with Gasteiger partial charge in [-0.25, -0.2) is 4.98 Å². The monoisotopic (exact) mass is 269 g/mol. The molecule has 0 unspecified atom stereocenters. The molecule has 0 aliphatic heterocycles. The van der Waals surface area contributed by atoms with Gasteiger partial charge in [0, 0.05) is 11.1 Å². The maximum atomic E-state index is 8.96. The molecule has 3 nitrogen and oxygen atoms in total. The lowest BCUT2D eigenvalue weighted by molar-refractivity contribution is 0.280.